The smallest absolute Gasteiger partial charge is 0.304 e. The second kappa shape index (κ2) is 12.0. The molecule has 198 valence electrons. The highest BCUT2D eigenvalue weighted by molar-refractivity contribution is 7.90. The Labute approximate surface area is 218 Å². The van der Waals surface area contributed by atoms with E-state index >= 15 is 0 Å². The molecular weight excluding hydrogens is 507 g/mol. The molecule has 0 saturated carbocycles. The van der Waals surface area contributed by atoms with Gasteiger partial charge in [-0.25, -0.2) is 8.70 Å². The van der Waals surface area contributed by atoms with Crippen LogP contribution in [0.3, 0.4) is 0 Å². The summed E-state index contributed by atoms with van der Waals surface area (Å²) >= 11 is 6.35. The zero-order valence-corrected chi connectivity index (χ0v) is 23.0. The Hall–Kier alpha value is -2.69. The molecule has 0 spiro atoms. The fourth-order valence-corrected chi connectivity index (χ4v) is 4.76. The topological polar surface area (TPSA) is 90.0 Å². The number of nitrogens with one attached hydrogen (secondary N) is 1. The normalized spacial score (nSPS) is 12.8. The van der Waals surface area contributed by atoms with Gasteiger partial charge in [-0.1, -0.05) is 36.7 Å². The number of hydrogen-bond acceptors (Lipinski definition) is 4. The molecule has 0 aliphatic heterocycles. The van der Waals surface area contributed by atoms with Gasteiger partial charge in [0.15, 0.2) is 0 Å². The number of halogens is 2. The summed E-state index contributed by atoms with van der Waals surface area (Å²) in [5.74, 6) is -1.52. The van der Waals surface area contributed by atoms with Crippen molar-refractivity contribution in [3.63, 3.8) is 0 Å². The van der Waals surface area contributed by atoms with Crippen LogP contribution in [0.5, 0.6) is 0 Å². The third-order valence-corrected chi connectivity index (χ3v) is 7.50. The van der Waals surface area contributed by atoms with Crippen molar-refractivity contribution in [3.05, 3.63) is 64.9 Å². The maximum absolute atomic E-state index is 13.8. The van der Waals surface area contributed by atoms with Gasteiger partial charge in [-0.2, -0.15) is 12.7 Å². The number of anilines is 1. The van der Waals surface area contributed by atoms with Crippen molar-refractivity contribution in [2.75, 3.05) is 24.9 Å². The summed E-state index contributed by atoms with van der Waals surface area (Å²) in [5.41, 5.74) is 0.180. The summed E-state index contributed by atoms with van der Waals surface area (Å²) in [7, 11) is -1.45. The molecule has 2 aromatic carbocycles. The average Bonchev–Trinajstić information content (AvgIpc) is 2.77. The number of nitrogens with zero attached hydrogens (tertiary/aromatic N) is 3. The number of amides is 2. The fraction of sp³-hybridized carbons (Fsp3) is 0.440. The van der Waals surface area contributed by atoms with E-state index in [4.69, 9.17) is 11.6 Å². The van der Waals surface area contributed by atoms with E-state index in [1.165, 1.54) is 31.1 Å². The van der Waals surface area contributed by atoms with E-state index in [2.05, 4.69) is 5.32 Å². The summed E-state index contributed by atoms with van der Waals surface area (Å²) in [4.78, 5) is 28.3. The Bertz CT molecular complexity index is 1170. The first-order valence-corrected chi connectivity index (χ1v) is 13.3. The Balaban J connectivity index is 2.53. The highest BCUT2D eigenvalue weighted by Crippen LogP contribution is 2.23. The molecule has 1 N–H and O–H groups in total. The van der Waals surface area contributed by atoms with E-state index in [1.54, 1.807) is 31.2 Å². The van der Waals surface area contributed by atoms with E-state index in [9.17, 15) is 22.4 Å². The fourth-order valence-electron chi connectivity index (χ4n) is 3.51. The second-order valence-electron chi connectivity index (χ2n) is 9.55. The predicted octanol–water partition coefficient (Wildman–Crippen LogP) is 3.81. The van der Waals surface area contributed by atoms with Crippen LogP contribution in [0.2, 0.25) is 5.02 Å². The zero-order valence-electron chi connectivity index (χ0n) is 21.5. The van der Waals surface area contributed by atoms with Crippen molar-refractivity contribution in [2.45, 2.75) is 52.2 Å². The van der Waals surface area contributed by atoms with Gasteiger partial charge in [0.05, 0.1) is 5.69 Å². The number of carbonyl (C=O) groups excluding carboxylic acids is 2. The van der Waals surface area contributed by atoms with Crippen LogP contribution in [0.25, 0.3) is 0 Å². The first kappa shape index (κ1) is 29.5. The Morgan fingerprint density at radius 2 is 1.64 bits per heavy atom. The van der Waals surface area contributed by atoms with Gasteiger partial charge in [0.2, 0.25) is 11.8 Å². The third-order valence-electron chi connectivity index (χ3n) is 5.32. The molecule has 0 radical (unpaired) electrons. The Morgan fingerprint density at radius 1 is 1.06 bits per heavy atom. The van der Waals surface area contributed by atoms with Gasteiger partial charge in [-0.3, -0.25) is 9.59 Å². The molecule has 0 fully saturated rings. The van der Waals surface area contributed by atoms with Crippen LogP contribution in [-0.2, 0) is 26.3 Å². The molecule has 11 heteroatoms. The lowest BCUT2D eigenvalue weighted by molar-refractivity contribution is -0.141. The molecule has 8 nitrogen and oxygen atoms in total. The van der Waals surface area contributed by atoms with Gasteiger partial charge >= 0.3 is 10.2 Å². The van der Waals surface area contributed by atoms with E-state index in [0.717, 1.165) is 20.7 Å². The van der Waals surface area contributed by atoms with Crippen molar-refractivity contribution >= 4 is 39.3 Å². The van der Waals surface area contributed by atoms with E-state index in [-0.39, 0.29) is 24.6 Å². The SMILES string of the molecule is CC[C@H](C(=O)NC(C)(C)C)N(Cc1ccccc1Cl)C(=O)CN(c1ccc(F)cc1)S(=O)(=O)N(C)C. The molecule has 0 saturated heterocycles. The van der Waals surface area contributed by atoms with Crippen LogP contribution in [0.4, 0.5) is 10.1 Å². The standard InChI is InChI=1S/C25H34ClFN4O4S/c1-7-22(24(33)28-25(2,3)4)30(16-18-10-8-9-11-21(18)26)23(32)17-31(36(34,35)29(5)6)20-14-12-19(27)13-15-20/h8-15,22H,7,16-17H2,1-6H3,(H,28,33)/t22-/m1/s1. The van der Waals surface area contributed by atoms with E-state index in [0.29, 0.717) is 10.6 Å². The first-order valence-electron chi connectivity index (χ1n) is 11.5. The maximum Gasteiger partial charge on any atom is 0.304 e. The van der Waals surface area contributed by atoms with E-state index in [1.807, 2.05) is 20.8 Å². The Morgan fingerprint density at radius 3 is 2.14 bits per heavy atom. The molecule has 36 heavy (non-hydrogen) atoms. The van der Waals surface area contributed by atoms with Crippen LogP contribution in [0, 0.1) is 5.82 Å². The molecule has 0 aliphatic carbocycles. The van der Waals surface area contributed by atoms with Crippen LogP contribution in [0.1, 0.15) is 39.7 Å². The van der Waals surface area contributed by atoms with Gasteiger partial charge in [-0.15, -0.1) is 0 Å². The summed E-state index contributed by atoms with van der Waals surface area (Å²) in [6.45, 7) is 6.66. The van der Waals surface area contributed by atoms with Gasteiger partial charge in [0.25, 0.3) is 0 Å². The van der Waals surface area contributed by atoms with Crippen LogP contribution < -0.4 is 9.62 Å². The minimum atomic E-state index is -4.13. The largest absolute Gasteiger partial charge is 0.350 e. The van der Waals surface area contributed by atoms with Crippen LogP contribution >= 0.6 is 11.6 Å². The molecule has 2 amide bonds. The highest BCUT2D eigenvalue weighted by Gasteiger charge is 2.34. The monoisotopic (exact) mass is 540 g/mol. The lowest BCUT2D eigenvalue weighted by Crippen LogP contribution is -2.55. The Kier molecular flexibility index (Phi) is 9.87. The molecule has 0 aromatic heterocycles. The van der Waals surface area contributed by atoms with Crippen molar-refractivity contribution in [1.29, 1.82) is 0 Å². The summed E-state index contributed by atoms with van der Waals surface area (Å²) < 4.78 is 41.7. The van der Waals surface area contributed by atoms with Gasteiger partial charge < -0.3 is 10.2 Å². The number of hydrogen-bond donors (Lipinski definition) is 1. The van der Waals surface area contributed by atoms with Crippen LogP contribution in [-0.4, -0.2) is 61.7 Å². The van der Waals surface area contributed by atoms with E-state index < -0.39 is 40.1 Å². The maximum atomic E-state index is 13.8. The number of benzene rings is 2. The molecule has 0 unspecified atom stereocenters. The summed E-state index contributed by atoms with van der Waals surface area (Å²) in [6, 6.07) is 10.9. The van der Waals surface area contributed by atoms with Gasteiger partial charge in [0.1, 0.15) is 18.4 Å². The average molecular weight is 541 g/mol. The van der Waals surface area contributed by atoms with Crippen LogP contribution in [0.15, 0.2) is 48.5 Å². The lowest BCUT2D eigenvalue weighted by Gasteiger charge is -2.35. The summed E-state index contributed by atoms with van der Waals surface area (Å²) in [5, 5.41) is 3.31. The molecule has 1 atom stereocenters. The van der Waals surface area contributed by atoms with Crippen molar-refractivity contribution in [1.82, 2.24) is 14.5 Å². The zero-order chi connectivity index (χ0) is 27.3. The predicted molar refractivity (Wildman–Crippen MR) is 140 cm³/mol. The van der Waals surface area contributed by atoms with Gasteiger partial charge in [-0.05, 0) is 63.1 Å². The second-order valence-corrected chi connectivity index (χ2v) is 12.0. The van der Waals surface area contributed by atoms with Crippen molar-refractivity contribution in [3.8, 4) is 0 Å². The summed E-state index contributed by atoms with van der Waals surface area (Å²) in [6.07, 6.45) is 0.287. The minimum Gasteiger partial charge on any atom is -0.350 e. The van der Waals surface area contributed by atoms with Crippen molar-refractivity contribution < 1.29 is 22.4 Å². The molecule has 0 aliphatic rings. The molecular formula is C25H34ClFN4O4S. The third kappa shape index (κ3) is 7.65. The minimum absolute atomic E-state index is 0.00611. The highest BCUT2D eigenvalue weighted by atomic mass is 35.5. The van der Waals surface area contributed by atoms with Crippen molar-refractivity contribution in [2.24, 2.45) is 0 Å². The lowest BCUT2D eigenvalue weighted by atomic mass is 10.1. The molecule has 0 heterocycles. The number of rotatable bonds is 10. The molecule has 2 aromatic rings. The quantitative estimate of drug-likeness (QED) is 0.496. The molecule has 0 bridgehead atoms. The first-order chi connectivity index (χ1) is 16.7. The molecule has 2 rings (SSSR count). The number of carbonyl (C=O) groups is 2. The van der Waals surface area contributed by atoms with Gasteiger partial charge in [0, 0.05) is 31.2 Å².